The van der Waals surface area contributed by atoms with Crippen molar-refractivity contribution in [2.24, 2.45) is 11.0 Å². The lowest BCUT2D eigenvalue weighted by Gasteiger charge is -2.09. The van der Waals surface area contributed by atoms with Crippen molar-refractivity contribution in [3.05, 3.63) is 38.9 Å². The molecule has 16 heavy (non-hydrogen) atoms. The molecule has 0 aliphatic heterocycles. The molecule has 0 bridgehead atoms. The van der Waals surface area contributed by atoms with E-state index in [0.717, 1.165) is 0 Å². The summed E-state index contributed by atoms with van der Waals surface area (Å²) in [7, 11) is -3.32. The molecule has 7 nitrogen and oxygen atoms in total. The lowest BCUT2D eigenvalue weighted by atomic mass is 10.2. The SMILES string of the molecule is NP(N)(=O)NCc1ccc([N+](=O)[O-])cc1Cl. The third-order valence-corrected chi connectivity index (χ3v) is 2.77. The fourth-order valence-electron chi connectivity index (χ4n) is 1.00. The molecular formula is C7H10ClN4O3P. The fourth-order valence-corrected chi connectivity index (χ4v) is 1.66. The first kappa shape index (κ1) is 13.1. The monoisotopic (exact) mass is 264 g/mol. The average Bonchev–Trinajstić information content (AvgIpc) is 2.14. The van der Waals surface area contributed by atoms with Gasteiger partial charge in [0, 0.05) is 18.7 Å². The van der Waals surface area contributed by atoms with Crippen molar-refractivity contribution >= 4 is 24.9 Å². The number of nitrogens with one attached hydrogen (secondary N) is 1. The zero-order chi connectivity index (χ0) is 12.3. The number of non-ortho nitro benzene ring substituents is 1. The van der Waals surface area contributed by atoms with E-state index in [1.807, 2.05) is 0 Å². The number of rotatable bonds is 4. The van der Waals surface area contributed by atoms with E-state index in [4.69, 9.17) is 22.6 Å². The molecule has 0 amide bonds. The molecule has 0 aliphatic carbocycles. The number of nitro benzene ring substituents is 1. The number of nitrogens with zero attached hydrogens (tertiary/aromatic N) is 1. The summed E-state index contributed by atoms with van der Waals surface area (Å²) in [5.74, 6) is 0. The number of nitro groups is 1. The maximum Gasteiger partial charge on any atom is 0.274 e. The van der Waals surface area contributed by atoms with Crippen LogP contribution in [0.15, 0.2) is 18.2 Å². The van der Waals surface area contributed by atoms with Gasteiger partial charge < -0.3 is 0 Å². The van der Waals surface area contributed by atoms with Crippen molar-refractivity contribution in [3.8, 4) is 0 Å². The molecule has 0 saturated carbocycles. The standard InChI is InChI=1S/C7H10ClN4O3P/c8-7-3-6(12(13)14)2-1-5(7)4-11-16(9,10)15/h1-3H,4H2,(H5,9,10,11,15). The van der Waals surface area contributed by atoms with Gasteiger partial charge in [-0.15, -0.1) is 0 Å². The summed E-state index contributed by atoms with van der Waals surface area (Å²) in [5, 5.41) is 13.0. The molecule has 88 valence electrons. The van der Waals surface area contributed by atoms with Crippen LogP contribution in [0.2, 0.25) is 5.02 Å². The van der Waals surface area contributed by atoms with Crippen LogP contribution in [-0.4, -0.2) is 4.92 Å². The Bertz CT molecular complexity index is 461. The van der Waals surface area contributed by atoms with Gasteiger partial charge >= 0.3 is 0 Å². The second-order valence-electron chi connectivity index (χ2n) is 3.08. The van der Waals surface area contributed by atoms with Gasteiger partial charge in [-0.2, -0.15) is 0 Å². The van der Waals surface area contributed by atoms with Gasteiger partial charge in [0.25, 0.3) is 13.3 Å². The lowest BCUT2D eigenvalue weighted by Crippen LogP contribution is -2.21. The summed E-state index contributed by atoms with van der Waals surface area (Å²) < 4.78 is 11.0. The molecular weight excluding hydrogens is 255 g/mol. The Kier molecular flexibility index (Phi) is 4.01. The molecule has 1 aromatic carbocycles. The average molecular weight is 265 g/mol. The summed E-state index contributed by atoms with van der Waals surface area (Å²) in [6.45, 7) is 0.0844. The zero-order valence-electron chi connectivity index (χ0n) is 8.09. The zero-order valence-corrected chi connectivity index (χ0v) is 9.74. The van der Waals surface area contributed by atoms with Gasteiger partial charge in [-0.3, -0.25) is 25.7 Å². The van der Waals surface area contributed by atoms with Crippen molar-refractivity contribution in [2.75, 3.05) is 0 Å². The van der Waals surface area contributed by atoms with Crippen LogP contribution in [0.1, 0.15) is 5.56 Å². The van der Waals surface area contributed by atoms with Gasteiger partial charge in [-0.25, -0.2) is 5.09 Å². The molecule has 9 heteroatoms. The van der Waals surface area contributed by atoms with Gasteiger partial charge in [0.05, 0.1) is 9.95 Å². The minimum absolute atomic E-state index is 0.0844. The Labute approximate surface area is 96.4 Å². The van der Waals surface area contributed by atoms with E-state index in [0.29, 0.717) is 5.56 Å². The summed E-state index contributed by atoms with van der Waals surface area (Å²) in [5.41, 5.74) is 10.6. The maximum absolute atomic E-state index is 11.0. The molecule has 0 aliphatic rings. The predicted molar refractivity (Wildman–Crippen MR) is 60.9 cm³/mol. The van der Waals surface area contributed by atoms with Gasteiger partial charge in [0.15, 0.2) is 0 Å². The summed E-state index contributed by atoms with van der Waals surface area (Å²) in [6, 6.07) is 3.94. The molecule has 0 fully saturated rings. The predicted octanol–water partition coefficient (Wildman–Crippen LogP) is 1.36. The van der Waals surface area contributed by atoms with Crippen molar-refractivity contribution < 1.29 is 9.49 Å². The summed E-state index contributed by atoms with van der Waals surface area (Å²) in [6.07, 6.45) is 0. The molecule has 0 unspecified atom stereocenters. The highest BCUT2D eigenvalue weighted by atomic mass is 35.5. The largest absolute Gasteiger partial charge is 0.274 e. The summed E-state index contributed by atoms with van der Waals surface area (Å²) in [4.78, 5) is 9.87. The third-order valence-electron chi connectivity index (χ3n) is 1.76. The van der Waals surface area contributed by atoms with Gasteiger partial charge in [-0.1, -0.05) is 11.6 Å². The van der Waals surface area contributed by atoms with Crippen LogP contribution in [0.4, 0.5) is 5.69 Å². The number of hydrogen-bond acceptors (Lipinski definition) is 3. The van der Waals surface area contributed by atoms with Crippen LogP contribution in [-0.2, 0) is 11.1 Å². The third kappa shape index (κ3) is 3.88. The maximum atomic E-state index is 11.0. The first-order valence-corrected chi connectivity index (χ1v) is 6.37. The normalized spacial score (nSPS) is 11.4. The minimum Gasteiger partial charge on any atom is -0.271 e. The number of halogens is 1. The molecule has 0 saturated heterocycles. The second kappa shape index (κ2) is 4.90. The smallest absolute Gasteiger partial charge is 0.271 e. The van der Waals surface area contributed by atoms with Crippen LogP contribution in [0.25, 0.3) is 0 Å². The quantitative estimate of drug-likeness (QED) is 0.428. The molecule has 1 aromatic rings. The van der Waals surface area contributed by atoms with E-state index in [1.165, 1.54) is 18.2 Å². The Balaban J connectivity index is 2.84. The van der Waals surface area contributed by atoms with E-state index in [9.17, 15) is 14.7 Å². The Morgan fingerprint density at radius 3 is 2.56 bits per heavy atom. The van der Waals surface area contributed by atoms with Crippen molar-refractivity contribution in [1.29, 1.82) is 0 Å². The first-order chi connectivity index (χ1) is 7.29. The molecule has 5 N–H and O–H groups in total. The Morgan fingerprint density at radius 1 is 1.50 bits per heavy atom. The topological polar surface area (TPSA) is 124 Å². The second-order valence-corrected chi connectivity index (χ2v) is 5.22. The molecule has 0 atom stereocenters. The Hall–Kier alpha value is -0.980. The van der Waals surface area contributed by atoms with E-state index < -0.39 is 12.5 Å². The van der Waals surface area contributed by atoms with Crippen LogP contribution in [0, 0.1) is 10.1 Å². The molecule has 0 heterocycles. The van der Waals surface area contributed by atoms with E-state index in [1.54, 1.807) is 0 Å². The number of hydrogen-bond donors (Lipinski definition) is 3. The van der Waals surface area contributed by atoms with Crippen LogP contribution in [0.3, 0.4) is 0 Å². The Morgan fingerprint density at radius 2 is 2.12 bits per heavy atom. The van der Waals surface area contributed by atoms with Crippen LogP contribution >= 0.6 is 19.2 Å². The van der Waals surface area contributed by atoms with E-state index >= 15 is 0 Å². The molecule has 1 rings (SSSR count). The molecule has 0 aromatic heterocycles. The van der Waals surface area contributed by atoms with Crippen molar-refractivity contribution in [3.63, 3.8) is 0 Å². The van der Waals surface area contributed by atoms with Gasteiger partial charge in [0.1, 0.15) is 0 Å². The van der Waals surface area contributed by atoms with Crippen molar-refractivity contribution in [2.45, 2.75) is 6.54 Å². The van der Waals surface area contributed by atoms with Crippen LogP contribution in [0.5, 0.6) is 0 Å². The highest BCUT2D eigenvalue weighted by Crippen LogP contribution is 2.25. The minimum atomic E-state index is -3.32. The van der Waals surface area contributed by atoms with Gasteiger partial charge in [0.2, 0.25) is 0 Å². The van der Waals surface area contributed by atoms with E-state index in [2.05, 4.69) is 5.09 Å². The summed E-state index contributed by atoms with van der Waals surface area (Å²) >= 11 is 5.79. The van der Waals surface area contributed by atoms with Crippen molar-refractivity contribution in [1.82, 2.24) is 5.09 Å². The highest BCUT2D eigenvalue weighted by Gasteiger charge is 2.12. The highest BCUT2D eigenvalue weighted by molar-refractivity contribution is 7.56. The lowest BCUT2D eigenvalue weighted by molar-refractivity contribution is -0.384. The van der Waals surface area contributed by atoms with E-state index in [-0.39, 0.29) is 17.3 Å². The first-order valence-electron chi connectivity index (χ1n) is 4.15. The van der Waals surface area contributed by atoms with Crippen LogP contribution < -0.4 is 16.1 Å². The van der Waals surface area contributed by atoms with Gasteiger partial charge in [-0.05, 0) is 11.6 Å². The number of nitrogens with two attached hydrogens (primary N) is 2. The molecule has 0 radical (unpaired) electrons. The fraction of sp³-hybridized carbons (Fsp3) is 0.143. The molecule has 0 spiro atoms. The number of benzene rings is 1.